The van der Waals surface area contributed by atoms with Crippen molar-refractivity contribution in [1.82, 2.24) is 0 Å². The fourth-order valence-corrected chi connectivity index (χ4v) is 2.44. The van der Waals surface area contributed by atoms with Crippen LogP contribution in [0.15, 0.2) is 6.07 Å². The quantitative estimate of drug-likeness (QED) is 0.826. The Morgan fingerprint density at radius 2 is 2.07 bits per heavy atom. The van der Waals surface area contributed by atoms with Gasteiger partial charge >= 0.3 is 0 Å². The maximum absolute atomic E-state index is 14.0. The van der Waals surface area contributed by atoms with Gasteiger partial charge in [-0.2, -0.15) is 0 Å². The van der Waals surface area contributed by atoms with E-state index in [2.05, 4.69) is 0 Å². The van der Waals surface area contributed by atoms with Crippen LogP contribution in [0.25, 0.3) is 0 Å². The first kappa shape index (κ1) is 10.9. The van der Waals surface area contributed by atoms with Crippen molar-refractivity contribution in [2.45, 2.75) is 32.1 Å². The maximum atomic E-state index is 14.0. The molecule has 1 aliphatic rings. The molecule has 0 spiro atoms. The van der Waals surface area contributed by atoms with Crippen molar-refractivity contribution in [2.24, 2.45) is 5.73 Å². The standard InChI is InChI=1S/C12H15ClFN/c1-7-5-9(13)11(14)10(8(7)2)12(6-15)3-4-12/h5H,3-4,6,15H2,1-2H3. The third-order valence-electron chi connectivity index (χ3n) is 3.51. The molecular weight excluding hydrogens is 213 g/mol. The molecule has 0 atom stereocenters. The van der Waals surface area contributed by atoms with Gasteiger partial charge in [0.2, 0.25) is 0 Å². The fourth-order valence-electron chi connectivity index (χ4n) is 2.18. The summed E-state index contributed by atoms with van der Waals surface area (Å²) in [5.74, 6) is -0.275. The number of hydrogen-bond acceptors (Lipinski definition) is 1. The lowest BCUT2D eigenvalue weighted by Crippen LogP contribution is -2.22. The molecule has 0 radical (unpaired) electrons. The maximum Gasteiger partial charge on any atom is 0.145 e. The first-order valence-corrected chi connectivity index (χ1v) is 5.55. The molecule has 1 aromatic carbocycles. The molecule has 1 aliphatic carbocycles. The number of hydrogen-bond donors (Lipinski definition) is 1. The number of rotatable bonds is 2. The van der Waals surface area contributed by atoms with Crippen LogP contribution in [-0.2, 0) is 5.41 Å². The van der Waals surface area contributed by atoms with Crippen molar-refractivity contribution < 1.29 is 4.39 Å². The number of aryl methyl sites for hydroxylation is 1. The molecule has 0 aromatic heterocycles. The van der Waals surface area contributed by atoms with Crippen LogP contribution in [0.4, 0.5) is 4.39 Å². The largest absolute Gasteiger partial charge is 0.330 e. The van der Waals surface area contributed by atoms with Crippen molar-refractivity contribution in [1.29, 1.82) is 0 Å². The van der Waals surface area contributed by atoms with Crippen LogP contribution < -0.4 is 5.73 Å². The van der Waals surface area contributed by atoms with Crippen molar-refractivity contribution in [3.8, 4) is 0 Å². The number of nitrogens with two attached hydrogens (primary N) is 1. The Bertz CT molecular complexity index is 384. The van der Waals surface area contributed by atoms with Gasteiger partial charge < -0.3 is 5.73 Å². The van der Waals surface area contributed by atoms with Gasteiger partial charge in [-0.15, -0.1) is 0 Å². The van der Waals surface area contributed by atoms with Crippen molar-refractivity contribution in [3.05, 3.63) is 33.6 Å². The molecule has 0 aliphatic heterocycles. The second-order valence-corrected chi connectivity index (χ2v) is 4.88. The van der Waals surface area contributed by atoms with Crippen LogP contribution in [0.5, 0.6) is 0 Å². The van der Waals surface area contributed by atoms with E-state index in [1.165, 1.54) is 0 Å². The van der Waals surface area contributed by atoms with E-state index in [0.717, 1.165) is 29.5 Å². The van der Waals surface area contributed by atoms with E-state index < -0.39 is 0 Å². The first-order chi connectivity index (χ1) is 7.02. The topological polar surface area (TPSA) is 26.0 Å². The summed E-state index contributed by atoms with van der Waals surface area (Å²) in [4.78, 5) is 0. The smallest absolute Gasteiger partial charge is 0.145 e. The van der Waals surface area contributed by atoms with Gasteiger partial charge in [-0.3, -0.25) is 0 Å². The molecule has 3 heteroatoms. The minimum Gasteiger partial charge on any atom is -0.330 e. The monoisotopic (exact) mass is 227 g/mol. The molecule has 0 unspecified atom stereocenters. The van der Waals surface area contributed by atoms with Gasteiger partial charge in [0.1, 0.15) is 5.82 Å². The summed E-state index contributed by atoms with van der Waals surface area (Å²) in [6.45, 7) is 4.40. The SMILES string of the molecule is Cc1cc(Cl)c(F)c(C2(CN)CC2)c1C. The third-order valence-corrected chi connectivity index (χ3v) is 3.79. The third kappa shape index (κ3) is 1.56. The van der Waals surface area contributed by atoms with Crippen molar-refractivity contribution in [2.75, 3.05) is 6.54 Å². The second-order valence-electron chi connectivity index (χ2n) is 4.47. The Morgan fingerprint density at radius 1 is 1.47 bits per heavy atom. The Kier molecular flexibility index (Phi) is 2.52. The van der Waals surface area contributed by atoms with Crippen LogP contribution in [-0.4, -0.2) is 6.54 Å². The summed E-state index contributed by atoms with van der Waals surface area (Å²) in [6.07, 6.45) is 1.95. The fraction of sp³-hybridized carbons (Fsp3) is 0.500. The summed E-state index contributed by atoms with van der Waals surface area (Å²) in [7, 11) is 0. The normalized spacial score (nSPS) is 17.9. The molecule has 1 aromatic rings. The highest BCUT2D eigenvalue weighted by atomic mass is 35.5. The molecule has 2 N–H and O–H groups in total. The van der Waals surface area contributed by atoms with E-state index >= 15 is 0 Å². The van der Waals surface area contributed by atoms with Crippen LogP contribution in [0.3, 0.4) is 0 Å². The molecule has 15 heavy (non-hydrogen) atoms. The second kappa shape index (κ2) is 3.46. The van der Waals surface area contributed by atoms with E-state index in [-0.39, 0.29) is 16.3 Å². The van der Waals surface area contributed by atoms with E-state index in [1.807, 2.05) is 13.8 Å². The number of halogens is 2. The van der Waals surface area contributed by atoms with Gasteiger partial charge in [-0.1, -0.05) is 11.6 Å². The van der Waals surface area contributed by atoms with E-state index in [1.54, 1.807) is 6.07 Å². The van der Waals surface area contributed by atoms with E-state index in [9.17, 15) is 4.39 Å². The first-order valence-electron chi connectivity index (χ1n) is 5.17. The summed E-state index contributed by atoms with van der Waals surface area (Å²) < 4.78 is 14.0. The molecule has 82 valence electrons. The zero-order valence-electron chi connectivity index (χ0n) is 9.03. The summed E-state index contributed by atoms with van der Waals surface area (Å²) in [5, 5.41) is 0.216. The minimum atomic E-state index is -0.275. The zero-order valence-corrected chi connectivity index (χ0v) is 9.79. The van der Waals surface area contributed by atoms with Gasteiger partial charge in [0.25, 0.3) is 0 Å². The number of benzene rings is 1. The minimum absolute atomic E-state index is 0.135. The van der Waals surface area contributed by atoms with Crippen LogP contribution in [0, 0.1) is 19.7 Å². The molecule has 0 bridgehead atoms. The van der Waals surface area contributed by atoms with Gasteiger partial charge in [0, 0.05) is 12.0 Å². The van der Waals surface area contributed by atoms with Gasteiger partial charge in [0.05, 0.1) is 5.02 Å². The average molecular weight is 228 g/mol. The molecule has 1 nitrogen and oxygen atoms in total. The lowest BCUT2D eigenvalue weighted by Gasteiger charge is -2.19. The molecule has 1 fully saturated rings. The van der Waals surface area contributed by atoms with E-state index in [0.29, 0.717) is 6.54 Å². The molecule has 2 rings (SSSR count). The summed E-state index contributed by atoms with van der Waals surface area (Å²) in [6, 6.07) is 1.68. The highest BCUT2D eigenvalue weighted by Gasteiger charge is 2.46. The Balaban J connectivity index is 2.64. The average Bonchev–Trinajstić information content (AvgIpc) is 2.96. The molecule has 0 amide bonds. The molecular formula is C12H15ClFN. The van der Waals surface area contributed by atoms with Crippen molar-refractivity contribution in [3.63, 3.8) is 0 Å². The lowest BCUT2D eigenvalue weighted by molar-refractivity contribution is 0.569. The lowest BCUT2D eigenvalue weighted by atomic mass is 9.89. The van der Waals surface area contributed by atoms with Gasteiger partial charge in [-0.25, -0.2) is 4.39 Å². The van der Waals surface area contributed by atoms with Gasteiger partial charge in [0.15, 0.2) is 0 Å². The van der Waals surface area contributed by atoms with Crippen molar-refractivity contribution >= 4 is 11.6 Å². The van der Waals surface area contributed by atoms with E-state index in [4.69, 9.17) is 17.3 Å². The zero-order chi connectivity index (χ0) is 11.2. The van der Waals surface area contributed by atoms with Crippen LogP contribution in [0.2, 0.25) is 5.02 Å². The highest BCUT2D eigenvalue weighted by molar-refractivity contribution is 6.30. The van der Waals surface area contributed by atoms with Crippen LogP contribution >= 0.6 is 11.6 Å². The molecule has 1 saturated carbocycles. The Morgan fingerprint density at radius 3 is 2.53 bits per heavy atom. The Hall–Kier alpha value is -0.600. The summed E-state index contributed by atoms with van der Waals surface area (Å²) >= 11 is 5.87. The predicted octanol–water partition coefficient (Wildman–Crippen LogP) is 3.09. The Labute approximate surface area is 94.4 Å². The predicted molar refractivity (Wildman–Crippen MR) is 60.9 cm³/mol. The molecule has 0 heterocycles. The van der Waals surface area contributed by atoms with Gasteiger partial charge in [-0.05, 0) is 49.4 Å². The highest BCUT2D eigenvalue weighted by Crippen LogP contribution is 2.50. The molecule has 0 saturated heterocycles. The van der Waals surface area contributed by atoms with Crippen LogP contribution in [0.1, 0.15) is 29.5 Å². The summed E-state index contributed by atoms with van der Waals surface area (Å²) in [5.41, 5.74) is 8.38.